The minimum atomic E-state index is -0.977. The van der Waals surface area contributed by atoms with E-state index in [-0.39, 0.29) is 18.0 Å². The van der Waals surface area contributed by atoms with Crippen LogP contribution >= 0.6 is 0 Å². The Morgan fingerprint density at radius 3 is 2.37 bits per heavy atom. The van der Waals surface area contributed by atoms with Gasteiger partial charge in [0.25, 0.3) is 5.91 Å². The van der Waals surface area contributed by atoms with E-state index in [4.69, 9.17) is 4.74 Å². The van der Waals surface area contributed by atoms with E-state index in [1.165, 1.54) is 4.90 Å². The van der Waals surface area contributed by atoms with Crippen LogP contribution in [0.3, 0.4) is 0 Å². The molecule has 1 N–H and O–H groups in total. The Bertz CT molecular complexity index is 820. The summed E-state index contributed by atoms with van der Waals surface area (Å²) in [6.07, 6.45) is 0. The van der Waals surface area contributed by atoms with E-state index in [1.807, 2.05) is 32.0 Å². The first kappa shape index (κ1) is 20.4. The molecule has 2 amide bonds. The molecule has 0 aromatic heterocycles. The van der Waals surface area contributed by atoms with Crippen molar-refractivity contribution >= 4 is 11.8 Å². The molecule has 0 radical (unpaired) electrons. The summed E-state index contributed by atoms with van der Waals surface area (Å²) in [7, 11) is 1.58. The van der Waals surface area contributed by atoms with Gasteiger partial charge in [0, 0.05) is 13.1 Å². The van der Waals surface area contributed by atoms with E-state index < -0.39 is 17.5 Å². The van der Waals surface area contributed by atoms with Crippen molar-refractivity contribution in [3.8, 4) is 5.75 Å². The number of benzene rings is 2. The van der Waals surface area contributed by atoms with Crippen LogP contribution in [-0.4, -0.2) is 43.5 Å². The summed E-state index contributed by atoms with van der Waals surface area (Å²) in [6, 6.07) is 8.49. The fourth-order valence-corrected chi connectivity index (χ4v) is 2.50. The highest BCUT2D eigenvalue weighted by Crippen LogP contribution is 2.16. The predicted octanol–water partition coefficient (Wildman–Crippen LogP) is 2.85. The van der Waals surface area contributed by atoms with Crippen molar-refractivity contribution in [1.29, 1.82) is 0 Å². The summed E-state index contributed by atoms with van der Waals surface area (Å²) >= 11 is 0. The van der Waals surface area contributed by atoms with Gasteiger partial charge >= 0.3 is 0 Å². The van der Waals surface area contributed by atoms with Gasteiger partial charge < -0.3 is 15.0 Å². The fourth-order valence-electron chi connectivity index (χ4n) is 2.50. The third kappa shape index (κ3) is 6.06. The first-order valence-corrected chi connectivity index (χ1v) is 8.44. The number of rotatable bonds is 7. The fraction of sp³-hybridized carbons (Fsp3) is 0.300. The molecule has 0 atom stereocenters. The quantitative estimate of drug-likeness (QED) is 0.808. The van der Waals surface area contributed by atoms with Crippen molar-refractivity contribution in [1.82, 2.24) is 10.2 Å². The highest BCUT2D eigenvalue weighted by molar-refractivity contribution is 5.96. The van der Waals surface area contributed by atoms with E-state index in [0.29, 0.717) is 19.2 Å². The second-order valence-corrected chi connectivity index (χ2v) is 6.29. The first-order valence-electron chi connectivity index (χ1n) is 8.44. The van der Waals surface area contributed by atoms with Gasteiger partial charge in [-0.25, -0.2) is 8.78 Å². The second-order valence-electron chi connectivity index (χ2n) is 6.29. The molecule has 0 aliphatic carbocycles. The molecule has 0 saturated heterocycles. The lowest BCUT2D eigenvalue weighted by Gasteiger charge is -2.18. The number of amides is 2. The number of aryl methyl sites for hydroxylation is 2. The SMILES string of the molecule is Cc1cc(C)cc(OCCN(C)C(=O)CNC(=O)c2ccc(F)cc2F)c1. The Hall–Kier alpha value is -2.96. The zero-order valence-electron chi connectivity index (χ0n) is 15.5. The molecule has 144 valence electrons. The molecule has 0 spiro atoms. The summed E-state index contributed by atoms with van der Waals surface area (Å²) < 4.78 is 32.1. The van der Waals surface area contributed by atoms with Crippen LogP contribution < -0.4 is 10.1 Å². The summed E-state index contributed by atoms with van der Waals surface area (Å²) in [5, 5.41) is 2.33. The second kappa shape index (κ2) is 9.12. The van der Waals surface area contributed by atoms with Crippen molar-refractivity contribution in [2.45, 2.75) is 13.8 Å². The largest absolute Gasteiger partial charge is 0.492 e. The predicted molar refractivity (Wildman–Crippen MR) is 97.7 cm³/mol. The Kier molecular flexibility index (Phi) is 6.87. The third-order valence-corrected chi connectivity index (χ3v) is 3.89. The first-order chi connectivity index (χ1) is 12.8. The molecule has 0 unspecified atom stereocenters. The maximum Gasteiger partial charge on any atom is 0.254 e. The van der Waals surface area contributed by atoms with Gasteiger partial charge in [-0.1, -0.05) is 6.07 Å². The molecule has 2 aromatic rings. The molecule has 2 rings (SSSR count). The monoisotopic (exact) mass is 376 g/mol. The Balaban J connectivity index is 1.78. The lowest BCUT2D eigenvalue weighted by atomic mass is 10.1. The van der Waals surface area contributed by atoms with Crippen LogP contribution in [0.4, 0.5) is 8.78 Å². The smallest absolute Gasteiger partial charge is 0.254 e. The molecular weight excluding hydrogens is 354 g/mol. The van der Waals surface area contributed by atoms with Crippen LogP contribution in [0.5, 0.6) is 5.75 Å². The topological polar surface area (TPSA) is 58.6 Å². The molecule has 27 heavy (non-hydrogen) atoms. The van der Waals surface area contributed by atoms with Gasteiger partial charge in [-0.2, -0.15) is 0 Å². The van der Waals surface area contributed by atoms with Gasteiger partial charge in [-0.15, -0.1) is 0 Å². The Labute approximate surface area is 156 Å². The van der Waals surface area contributed by atoms with E-state index in [0.717, 1.165) is 29.0 Å². The van der Waals surface area contributed by atoms with Gasteiger partial charge in [-0.3, -0.25) is 9.59 Å². The lowest BCUT2D eigenvalue weighted by molar-refractivity contribution is -0.129. The van der Waals surface area contributed by atoms with Gasteiger partial charge in [-0.05, 0) is 49.2 Å². The van der Waals surface area contributed by atoms with Gasteiger partial charge in [0.05, 0.1) is 18.7 Å². The van der Waals surface area contributed by atoms with Crippen LogP contribution in [-0.2, 0) is 4.79 Å². The van der Waals surface area contributed by atoms with Crippen molar-refractivity contribution < 1.29 is 23.1 Å². The number of likely N-dealkylation sites (N-methyl/N-ethyl adjacent to an activating group) is 1. The van der Waals surface area contributed by atoms with Gasteiger partial charge in [0.15, 0.2) is 0 Å². The molecule has 0 heterocycles. The third-order valence-electron chi connectivity index (χ3n) is 3.89. The minimum absolute atomic E-state index is 0.296. The van der Waals surface area contributed by atoms with E-state index >= 15 is 0 Å². The van der Waals surface area contributed by atoms with Gasteiger partial charge in [0.2, 0.25) is 5.91 Å². The van der Waals surface area contributed by atoms with Crippen molar-refractivity contribution in [2.75, 3.05) is 26.7 Å². The highest BCUT2D eigenvalue weighted by Gasteiger charge is 2.15. The maximum absolute atomic E-state index is 13.6. The maximum atomic E-state index is 13.6. The number of carbonyl (C=O) groups is 2. The zero-order valence-corrected chi connectivity index (χ0v) is 15.5. The normalized spacial score (nSPS) is 10.4. The average molecular weight is 376 g/mol. The average Bonchev–Trinajstić information content (AvgIpc) is 2.58. The van der Waals surface area contributed by atoms with Gasteiger partial charge in [0.1, 0.15) is 24.0 Å². The Morgan fingerprint density at radius 2 is 1.74 bits per heavy atom. The van der Waals surface area contributed by atoms with E-state index in [9.17, 15) is 18.4 Å². The number of hydrogen-bond acceptors (Lipinski definition) is 3. The summed E-state index contributed by atoms with van der Waals surface area (Å²) in [6.45, 7) is 4.28. The number of ether oxygens (including phenoxy) is 1. The molecule has 0 fully saturated rings. The van der Waals surface area contributed by atoms with Crippen molar-refractivity contribution in [2.24, 2.45) is 0 Å². The summed E-state index contributed by atoms with van der Waals surface area (Å²) in [5.74, 6) is -2.15. The van der Waals surface area contributed by atoms with E-state index in [2.05, 4.69) is 5.32 Å². The highest BCUT2D eigenvalue weighted by atomic mass is 19.1. The zero-order chi connectivity index (χ0) is 20.0. The standard InChI is InChI=1S/C20H22F2N2O3/c1-13-8-14(2)10-16(9-13)27-7-6-24(3)19(25)12-23-20(26)17-5-4-15(21)11-18(17)22/h4-5,8-11H,6-7,12H2,1-3H3,(H,23,26). The molecular formula is C20H22F2N2O3. The summed E-state index contributed by atoms with van der Waals surface area (Å²) in [4.78, 5) is 25.4. The molecule has 0 aliphatic rings. The van der Waals surface area contributed by atoms with Crippen molar-refractivity contribution in [3.63, 3.8) is 0 Å². The van der Waals surface area contributed by atoms with Crippen LogP contribution in [0.2, 0.25) is 0 Å². The minimum Gasteiger partial charge on any atom is -0.492 e. The van der Waals surface area contributed by atoms with E-state index in [1.54, 1.807) is 7.05 Å². The number of hydrogen-bond donors (Lipinski definition) is 1. The molecule has 0 saturated carbocycles. The lowest BCUT2D eigenvalue weighted by Crippen LogP contribution is -2.40. The molecule has 2 aromatic carbocycles. The van der Waals surface area contributed by atoms with Crippen molar-refractivity contribution in [3.05, 3.63) is 64.7 Å². The number of halogens is 2. The molecule has 5 nitrogen and oxygen atoms in total. The molecule has 0 bridgehead atoms. The molecule has 7 heteroatoms. The van der Waals surface area contributed by atoms with Crippen LogP contribution in [0.1, 0.15) is 21.5 Å². The van der Waals surface area contributed by atoms with Crippen LogP contribution in [0.25, 0.3) is 0 Å². The number of nitrogens with one attached hydrogen (secondary N) is 1. The number of carbonyl (C=O) groups excluding carboxylic acids is 2. The number of nitrogens with zero attached hydrogens (tertiary/aromatic N) is 1. The van der Waals surface area contributed by atoms with Crippen LogP contribution in [0, 0.1) is 25.5 Å². The van der Waals surface area contributed by atoms with Crippen LogP contribution in [0.15, 0.2) is 36.4 Å². The Morgan fingerprint density at radius 1 is 1.07 bits per heavy atom. The summed E-state index contributed by atoms with van der Waals surface area (Å²) in [5.41, 5.74) is 1.86. The molecule has 0 aliphatic heterocycles.